The maximum absolute atomic E-state index is 13.1. The summed E-state index contributed by atoms with van der Waals surface area (Å²) in [7, 11) is 0. The van der Waals surface area contributed by atoms with Gasteiger partial charge in [0.15, 0.2) is 0 Å². The average Bonchev–Trinajstić information content (AvgIpc) is 2.55. The molecule has 0 unspecified atom stereocenters. The first-order valence-electron chi connectivity index (χ1n) is 7.33. The highest BCUT2D eigenvalue weighted by atomic mass is 35.5. The first-order valence-corrected chi connectivity index (χ1v) is 7.71. The maximum Gasteiger partial charge on any atom is 0.255 e. The number of aromatic hydroxyl groups is 1. The van der Waals surface area contributed by atoms with E-state index in [0.29, 0.717) is 31.7 Å². The lowest BCUT2D eigenvalue weighted by atomic mass is 10.1. The third-order valence-electron chi connectivity index (χ3n) is 3.94. The summed E-state index contributed by atoms with van der Waals surface area (Å²) in [5, 5.41) is 9.47. The molecule has 0 saturated carbocycles. The lowest BCUT2D eigenvalue weighted by Crippen LogP contribution is -2.48. The van der Waals surface area contributed by atoms with E-state index in [-0.39, 0.29) is 16.7 Å². The van der Waals surface area contributed by atoms with Crippen LogP contribution in [0.1, 0.15) is 10.4 Å². The Hall–Kier alpha value is -2.27. The normalized spacial score (nSPS) is 14.9. The van der Waals surface area contributed by atoms with Gasteiger partial charge in [0.2, 0.25) is 0 Å². The standard InChI is InChI=1S/C17H16ClFN2O2/c18-16-11-12(19)1-6-15(16)17(23)21-9-7-20(8-10-21)13-2-4-14(22)5-3-13/h1-6,11,22H,7-10H2. The highest BCUT2D eigenvalue weighted by molar-refractivity contribution is 6.33. The van der Waals surface area contributed by atoms with E-state index in [1.54, 1.807) is 17.0 Å². The van der Waals surface area contributed by atoms with Crippen molar-refractivity contribution in [2.24, 2.45) is 0 Å². The predicted molar refractivity (Wildman–Crippen MR) is 87.6 cm³/mol. The number of hydrogen-bond donors (Lipinski definition) is 1. The number of carbonyl (C=O) groups is 1. The lowest BCUT2D eigenvalue weighted by Gasteiger charge is -2.36. The zero-order valence-corrected chi connectivity index (χ0v) is 13.1. The van der Waals surface area contributed by atoms with Gasteiger partial charge in [-0.1, -0.05) is 11.6 Å². The number of anilines is 1. The van der Waals surface area contributed by atoms with Crippen molar-refractivity contribution in [2.45, 2.75) is 0 Å². The Balaban J connectivity index is 1.66. The van der Waals surface area contributed by atoms with Gasteiger partial charge in [-0.2, -0.15) is 0 Å². The second kappa shape index (κ2) is 6.46. The largest absolute Gasteiger partial charge is 0.508 e. The number of amides is 1. The van der Waals surface area contributed by atoms with E-state index in [9.17, 15) is 14.3 Å². The van der Waals surface area contributed by atoms with E-state index in [0.717, 1.165) is 11.8 Å². The van der Waals surface area contributed by atoms with Crippen molar-refractivity contribution in [3.63, 3.8) is 0 Å². The number of rotatable bonds is 2. The van der Waals surface area contributed by atoms with Crippen LogP contribution < -0.4 is 4.90 Å². The van der Waals surface area contributed by atoms with Gasteiger partial charge < -0.3 is 14.9 Å². The summed E-state index contributed by atoms with van der Waals surface area (Å²) in [5.41, 5.74) is 1.33. The smallest absolute Gasteiger partial charge is 0.255 e. The Labute approximate surface area is 138 Å². The van der Waals surface area contributed by atoms with Crippen molar-refractivity contribution in [2.75, 3.05) is 31.1 Å². The number of phenolic OH excluding ortho intramolecular Hbond substituents is 1. The Morgan fingerprint density at radius 1 is 1.04 bits per heavy atom. The molecule has 1 fully saturated rings. The van der Waals surface area contributed by atoms with Gasteiger partial charge in [-0.25, -0.2) is 4.39 Å². The third-order valence-corrected chi connectivity index (χ3v) is 4.26. The summed E-state index contributed by atoms with van der Waals surface area (Å²) in [6.45, 7) is 2.51. The lowest BCUT2D eigenvalue weighted by molar-refractivity contribution is 0.0747. The number of benzene rings is 2. The fraction of sp³-hybridized carbons (Fsp3) is 0.235. The van der Waals surface area contributed by atoms with Gasteiger partial charge in [0.05, 0.1) is 10.6 Å². The van der Waals surface area contributed by atoms with Gasteiger partial charge in [0.1, 0.15) is 11.6 Å². The van der Waals surface area contributed by atoms with Crippen molar-refractivity contribution in [3.05, 3.63) is 58.9 Å². The summed E-state index contributed by atoms with van der Waals surface area (Å²) in [6, 6.07) is 10.8. The fourth-order valence-electron chi connectivity index (χ4n) is 2.66. The molecule has 4 nitrogen and oxygen atoms in total. The van der Waals surface area contributed by atoms with E-state index in [2.05, 4.69) is 4.90 Å². The molecule has 1 saturated heterocycles. The molecule has 1 N–H and O–H groups in total. The first kappa shape index (κ1) is 15.6. The maximum atomic E-state index is 13.1. The van der Waals surface area contributed by atoms with Crippen molar-refractivity contribution in [3.8, 4) is 5.75 Å². The molecular formula is C17H16ClFN2O2. The molecule has 2 aromatic rings. The fourth-order valence-corrected chi connectivity index (χ4v) is 2.91. The third kappa shape index (κ3) is 3.40. The summed E-state index contributed by atoms with van der Waals surface area (Å²) in [5.74, 6) is -0.405. The second-order valence-corrected chi connectivity index (χ2v) is 5.83. The van der Waals surface area contributed by atoms with Gasteiger partial charge in [-0.15, -0.1) is 0 Å². The Morgan fingerprint density at radius 3 is 2.30 bits per heavy atom. The van der Waals surface area contributed by atoms with Crippen LogP contribution in [0.3, 0.4) is 0 Å². The molecule has 0 radical (unpaired) electrons. The van der Waals surface area contributed by atoms with Gasteiger partial charge in [0, 0.05) is 31.9 Å². The van der Waals surface area contributed by atoms with Crippen LogP contribution in [0.4, 0.5) is 10.1 Å². The van der Waals surface area contributed by atoms with Crippen molar-refractivity contribution in [1.82, 2.24) is 4.90 Å². The molecule has 0 aliphatic carbocycles. The van der Waals surface area contributed by atoms with E-state index in [1.165, 1.54) is 12.1 Å². The number of hydrogen-bond acceptors (Lipinski definition) is 3. The van der Waals surface area contributed by atoms with Crippen LogP contribution in [0, 0.1) is 5.82 Å². The molecule has 2 aromatic carbocycles. The summed E-state index contributed by atoms with van der Waals surface area (Å²) in [6.07, 6.45) is 0. The topological polar surface area (TPSA) is 43.8 Å². The van der Waals surface area contributed by atoms with E-state index < -0.39 is 5.82 Å². The minimum absolute atomic E-state index is 0.135. The molecule has 0 aromatic heterocycles. The number of phenols is 1. The minimum Gasteiger partial charge on any atom is -0.508 e. The van der Waals surface area contributed by atoms with Crippen LogP contribution in [-0.2, 0) is 0 Å². The van der Waals surface area contributed by atoms with E-state index >= 15 is 0 Å². The van der Waals surface area contributed by atoms with Gasteiger partial charge in [-0.3, -0.25) is 4.79 Å². The van der Waals surface area contributed by atoms with Crippen molar-refractivity contribution >= 4 is 23.2 Å². The molecule has 120 valence electrons. The molecule has 1 heterocycles. The Bertz CT molecular complexity index is 713. The summed E-state index contributed by atoms with van der Waals surface area (Å²) >= 11 is 5.96. The van der Waals surface area contributed by atoms with Crippen molar-refractivity contribution < 1.29 is 14.3 Å². The van der Waals surface area contributed by atoms with E-state index in [4.69, 9.17) is 11.6 Å². The average molecular weight is 335 g/mol. The zero-order valence-electron chi connectivity index (χ0n) is 12.4. The number of nitrogens with zero attached hydrogens (tertiary/aromatic N) is 2. The Kier molecular flexibility index (Phi) is 4.39. The molecular weight excluding hydrogens is 319 g/mol. The zero-order chi connectivity index (χ0) is 16.4. The SMILES string of the molecule is O=C(c1ccc(F)cc1Cl)N1CCN(c2ccc(O)cc2)CC1. The Morgan fingerprint density at radius 2 is 1.70 bits per heavy atom. The highest BCUT2D eigenvalue weighted by Gasteiger charge is 2.23. The minimum atomic E-state index is -0.455. The molecule has 0 bridgehead atoms. The molecule has 3 rings (SSSR count). The molecule has 6 heteroatoms. The molecule has 0 atom stereocenters. The van der Waals surface area contributed by atoms with Crippen LogP contribution >= 0.6 is 11.6 Å². The van der Waals surface area contributed by atoms with Crippen LogP contribution in [0.2, 0.25) is 5.02 Å². The first-order chi connectivity index (χ1) is 11.0. The van der Waals surface area contributed by atoms with Gasteiger partial charge in [0.25, 0.3) is 5.91 Å². The number of carbonyl (C=O) groups excluding carboxylic acids is 1. The molecule has 0 spiro atoms. The molecule has 1 aliphatic rings. The molecule has 23 heavy (non-hydrogen) atoms. The van der Waals surface area contributed by atoms with Crippen molar-refractivity contribution in [1.29, 1.82) is 0 Å². The predicted octanol–water partition coefficient (Wildman–Crippen LogP) is 3.15. The van der Waals surface area contributed by atoms with E-state index in [1.807, 2.05) is 12.1 Å². The highest BCUT2D eigenvalue weighted by Crippen LogP contribution is 2.22. The quantitative estimate of drug-likeness (QED) is 0.917. The van der Waals surface area contributed by atoms with Crippen LogP contribution in [0.15, 0.2) is 42.5 Å². The van der Waals surface area contributed by atoms with Gasteiger partial charge in [-0.05, 0) is 42.5 Å². The van der Waals surface area contributed by atoms with Gasteiger partial charge >= 0.3 is 0 Å². The second-order valence-electron chi connectivity index (χ2n) is 5.42. The monoisotopic (exact) mass is 334 g/mol. The molecule has 1 amide bonds. The summed E-state index contributed by atoms with van der Waals surface area (Å²) in [4.78, 5) is 16.4. The van der Waals surface area contributed by atoms with Crippen LogP contribution in [0.25, 0.3) is 0 Å². The van der Waals surface area contributed by atoms with Crippen LogP contribution in [0.5, 0.6) is 5.75 Å². The van der Waals surface area contributed by atoms with Crippen LogP contribution in [-0.4, -0.2) is 42.1 Å². The summed E-state index contributed by atoms with van der Waals surface area (Å²) < 4.78 is 13.1. The number of piperazine rings is 1. The molecule has 1 aliphatic heterocycles. The number of halogens is 2.